The van der Waals surface area contributed by atoms with E-state index in [0.29, 0.717) is 17.7 Å². The smallest absolute Gasteiger partial charge is 0.416 e. The molecule has 1 aromatic heterocycles. The summed E-state index contributed by atoms with van der Waals surface area (Å²) in [7, 11) is 1.31. The Morgan fingerprint density at radius 1 is 1.00 bits per heavy atom. The van der Waals surface area contributed by atoms with E-state index in [-0.39, 0.29) is 31.9 Å². The number of alkyl halides is 6. The van der Waals surface area contributed by atoms with Crippen molar-refractivity contribution in [1.29, 1.82) is 0 Å². The molecule has 0 radical (unpaired) electrons. The van der Waals surface area contributed by atoms with E-state index < -0.39 is 47.0 Å². The van der Waals surface area contributed by atoms with Crippen molar-refractivity contribution in [3.8, 4) is 0 Å². The van der Waals surface area contributed by atoms with E-state index in [1.165, 1.54) is 7.05 Å². The van der Waals surface area contributed by atoms with Gasteiger partial charge in [-0.15, -0.1) is 0 Å². The van der Waals surface area contributed by atoms with Crippen molar-refractivity contribution >= 4 is 22.8 Å². The fourth-order valence-corrected chi connectivity index (χ4v) is 4.02. The van der Waals surface area contributed by atoms with Crippen LogP contribution in [0, 0.1) is 0 Å². The number of aromatic amines is 1. The van der Waals surface area contributed by atoms with Crippen LogP contribution in [0.15, 0.2) is 48.7 Å². The lowest BCUT2D eigenvalue weighted by molar-refractivity contribution is -0.144. The van der Waals surface area contributed by atoms with Gasteiger partial charge in [0.15, 0.2) is 0 Å². The molecule has 1 unspecified atom stereocenters. The van der Waals surface area contributed by atoms with Crippen molar-refractivity contribution in [3.05, 3.63) is 70.9 Å². The van der Waals surface area contributed by atoms with E-state index in [4.69, 9.17) is 4.74 Å². The maximum Gasteiger partial charge on any atom is 0.416 e. The standard InChI is InChI=1S/C25H24F6N2O3/c1-3-36-22(34)10-6-9-21(19-14-32-20-8-5-4-7-18(19)20)33(2)23(35)15-11-16(24(26,27)28)13-17(12-15)25(29,30)31/h4-5,7-8,11-14,21,32H,3,6,9-10H2,1-2H3. The van der Waals surface area contributed by atoms with E-state index in [1.807, 2.05) is 0 Å². The second kappa shape index (κ2) is 10.6. The van der Waals surface area contributed by atoms with Crippen LogP contribution in [0.5, 0.6) is 0 Å². The van der Waals surface area contributed by atoms with Crippen molar-refractivity contribution in [3.63, 3.8) is 0 Å². The molecule has 1 atom stereocenters. The highest BCUT2D eigenvalue weighted by atomic mass is 19.4. The zero-order valence-electron chi connectivity index (χ0n) is 19.5. The molecule has 1 N–H and O–H groups in total. The second-order valence-electron chi connectivity index (χ2n) is 8.21. The predicted molar refractivity (Wildman–Crippen MR) is 120 cm³/mol. The number of para-hydroxylation sites is 1. The highest BCUT2D eigenvalue weighted by Crippen LogP contribution is 2.38. The van der Waals surface area contributed by atoms with Crippen LogP contribution in [-0.2, 0) is 21.9 Å². The molecule has 2 aromatic carbocycles. The largest absolute Gasteiger partial charge is 0.466 e. The van der Waals surface area contributed by atoms with Crippen LogP contribution < -0.4 is 0 Å². The van der Waals surface area contributed by atoms with E-state index in [9.17, 15) is 35.9 Å². The molecule has 0 spiro atoms. The summed E-state index contributed by atoms with van der Waals surface area (Å²) in [5, 5.41) is 0.735. The fraction of sp³-hybridized carbons (Fsp3) is 0.360. The van der Waals surface area contributed by atoms with E-state index in [1.54, 1.807) is 37.4 Å². The normalized spacial score (nSPS) is 13.0. The maximum atomic E-state index is 13.3. The molecule has 0 saturated heterocycles. The molecule has 5 nitrogen and oxygen atoms in total. The summed E-state index contributed by atoms with van der Waals surface area (Å²) in [6.07, 6.45) is -7.99. The Kier molecular flexibility index (Phi) is 8.00. The zero-order valence-corrected chi connectivity index (χ0v) is 19.5. The molecule has 11 heteroatoms. The number of esters is 1. The number of aromatic nitrogens is 1. The Balaban J connectivity index is 2.00. The number of hydrogen-bond donors (Lipinski definition) is 1. The Bertz CT molecular complexity index is 1200. The minimum atomic E-state index is -5.08. The van der Waals surface area contributed by atoms with Gasteiger partial charge in [-0.3, -0.25) is 9.59 Å². The number of H-pyrrole nitrogens is 1. The fourth-order valence-electron chi connectivity index (χ4n) is 4.02. The highest BCUT2D eigenvalue weighted by Gasteiger charge is 2.38. The summed E-state index contributed by atoms with van der Waals surface area (Å²) in [4.78, 5) is 29.2. The Morgan fingerprint density at radius 3 is 2.19 bits per heavy atom. The van der Waals surface area contributed by atoms with Crippen LogP contribution in [-0.4, -0.2) is 35.4 Å². The van der Waals surface area contributed by atoms with E-state index >= 15 is 0 Å². The van der Waals surface area contributed by atoms with Gasteiger partial charge in [-0.2, -0.15) is 26.3 Å². The minimum absolute atomic E-state index is 0.0206. The van der Waals surface area contributed by atoms with Crippen LogP contribution in [0.3, 0.4) is 0 Å². The van der Waals surface area contributed by atoms with Crippen LogP contribution in [0.25, 0.3) is 10.9 Å². The maximum absolute atomic E-state index is 13.3. The van der Waals surface area contributed by atoms with Crippen LogP contribution >= 0.6 is 0 Å². The van der Waals surface area contributed by atoms with Crippen molar-refractivity contribution in [1.82, 2.24) is 9.88 Å². The third-order valence-corrected chi connectivity index (χ3v) is 5.77. The molecule has 0 bridgehead atoms. The zero-order chi connectivity index (χ0) is 26.7. The number of amides is 1. The van der Waals surface area contributed by atoms with Gasteiger partial charge in [-0.25, -0.2) is 0 Å². The molecule has 1 amide bonds. The number of nitrogens with zero attached hydrogens (tertiary/aromatic N) is 1. The molecule has 1 heterocycles. The van der Waals surface area contributed by atoms with Crippen molar-refractivity contribution in [2.75, 3.05) is 13.7 Å². The molecule has 36 heavy (non-hydrogen) atoms. The number of carbonyl (C=O) groups excluding carboxylic acids is 2. The monoisotopic (exact) mass is 514 g/mol. The quantitative estimate of drug-likeness (QED) is 0.267. The van der Waals surface area contributed by atoms with Gasteiger partial charge in [0, 0.05) is 36.1 Å². The van der Waals surface area contributed by atoms with Gasteiger partial charge in [0.05, 0.1) is 23.8 Å². The number of ether oxygens (including phenoxy) is 1. The SMILES string of the molecule is CCOC(=O)CCCC(c1c[nH]c2ccccc12)N(C)C(=O)c1cc(C(F)(F)F)cc(C(F)(F)F)c1. The third kappa shape index (κ3) is 6.19. The molecule has 3 rings (SSSR count). The summed E-state index contributed by atoms with van der Waals surface area (Å²) < 4.78 is 84.8. The lowest BCUT2D eigenvalue weighted by Crippen LogP contribution is -2.32. The topological polar surface area (TPSA) is 62.4 Å². The molecule has 194 valence electrons. The summed E-state index contributed by atoms with van der Waals surface area (Å²) in [5.74, 6) is -1.46. The highest BCUT2D eigenvalue weighted by molar-refractivity contribution is 5.95. The summed E-state index contributed by atoms with van der Waals surface area (Å²) in [5.41, 5.74) is -2.52. The molecule has 0 aliphatic rings. The summed E-state index contributed by atoms with van der Waals surface area (Å²) in [6, 6.07) is 7.19. The van der Waals surface area contributed by atoms with E-state index in [2.05, 4.69) is 4.98 Å². The predicted octanol–water partition coefficient (Wildman–Crippen LogP) is 6.75. The van der Waals surface area contributed by atoms with Crippen molar-refractivity contribution in [2.24, 2.45) is 0 Å². The molecule has 0 aliphatic carbocycles. The average molecular weight is 514 g/mol. The second-order valence-corrected chi connectivity index (χ2v) is 8.21. The van der Waals surface area contributed by atoms with Crippen LogP contribution in [0.1, 0.15) is 59.3 Å². The van der Waals surface area contributed by atoms with Gasteiger partial charge in [0.25, 0.3) is 5.91 Å². The molecule has 3 aromatic rings. The lowest BCUT2D eigenvalue weighted by atomic mass is 9.97. The van der Waals surface area contributed by atoms with Gasteiger partial charge < -0.3 is 14.6 Å². The Morgan fingerprint density at radius 2 is 1.61 bits per heavy atom. The number of rotatable bonds is 8. The number of hydrogen-bond acceptors (Lipinski definition) is 3. The van der Waals surface area contributed by atoms with Gasteiger partial charge in [0.2, 0.25) is 0 Å². The molecule has 0 saturated carbocycles. The number of halogens is 6. The summed E-state index contributed by atoms with van der Waals surface area (Å²) in [6.45, 7) is 1.85. The first kappa shape index (κ1) is 27.1. The van der Waals surface area contributed by atoms with Gasteiger partial charge >= 0.3 is 18.3 Å². The third-order valence-electron chi connectivity index (χ3n) is 5.77. The van der Waals surface area contributed by atoms with E-state index in [0.717, 1.165) is 15.8 Å². The number of benzene rings is 2. The van der Waals surface area contributed by atoms with Crippen LogP contribution in [0.4, 0.5) is 26.3 Å². The first-order chi connectivity index (χ1) is 16.8. The lowest BCUT2D eigenvalue weighted by Gasteiger charge is -2.29. The van der Waals surface area contributed by atoms with Crippen LogP contribution in [0.2, 0.25) is 0 Å². The minimum Gasteiger partial charge on any atom is -0.466 e. The summed E-state index contributed by atoms with van der Waals surface area (Å²) >= 11 is 0. The van der Waals surface area contributed by atoms with Gasteiger partial charge in [-0.1, -0.05) is 18.2 Å². The molecule has 0 fully saturated rings. The first-order valence-electron chi connectivity index (χ1n) is 11.1. The molecular formula is C25H24F6N2O3. The Labute approximate surface area is 203 Å². The first-order valence-corrected chi connectivity index (χ1v) is 11.1. The molecule has 0 aliphatic heterocycles. The average Bonchev–Trinajstić information content (AvgIpc) is 3.23. The van der Waals surface area contributed by atoms with Crippen molar-refractivity contribution < 1.29 is 40.7 Å². The van der Waals surface area contributed by atoms with Crippen molar-refractivity contribution in [2.45, 2.75) is 44.6 Å². The number of carbonyl (C=O) groups is 2. The van der Waals surface area contributed by atoms with Gasteiger partial charge in [-0.05, 0) is 49.6 Å². The Hall–Kier alpha value is -3.50. The molecular weight excluding hydrogens is 490 g/mol. The number of fused-ring (bicyclic) bond motifs is 1. The van der Waals surface area contributed by atoms with Gasteiger partial charge in [0.1, 0.15) is 0 Å². The number of nitrogens with one attached hydrogen (secondary N) is 1.